The number of unbranched alkanes of at least 4 members (excludes halogenated alkanes) is 2. The first kappa shape index (κ1) is 26.5. The molecule has 3 fully saturated rings. The van der Waals surface area contributed by atoms with Crippen LogP contribution in [0.3, 0.4) is 0 Å². The zero-order valence-electron chi connectivity index (χ0n) is 22.8. The fourth-order valence-electron chi connectivity index (χ4n) is 7.40. The molecule has 0 radical (unpaired) electrons. The van der Waals surface area contributed by atoms with Crippen molar-refractivity contribution in [2.24, 2.45) is 16.7 Å². The molecular formula is C30H45BO4. The summed E-state index contributed by atoms with van der Waals surface area (Å²) in [5, 5.41) is 0. The number of carbonyl (C=O) groups is 1. The maximum Gasteiger partial charge on any atom is 0.462 e. The van der Waals surface area contributed by atoms with Crippen molar-refractivity contribution < 1.29 is 18.8 Å². The van der Waals surface area contributed by atoms with Gasteiger partial charge in [0.15, 0.2) is 0 Å². The van der Waals surface area contributed by atoms with Crippen molar-refractivity contribution in [2.45, 2.75) is 111 Å². The third-order valence-corrected chi connectivity index (χ3v) is 9.69. The third-order valence-electron chi connectivity index (χ3n) is 9.69. The van der Waals surface area contributed by atoms with Gasteiger partial charge in [0.25, 0.3) is 0 Å². The number of benzene rings is 1. The van der Waals surface area contributed by atoms with Gasteiger partial charge in [0.1, 0.15) is 5.60 Å². The van der Waals surface area contributed by atoms with E-state index in [9.17, 15) is 4.79 Å². The Balaban J connectivity index is 1.71. The molecule has 5 heteroatoms. The van der Waals surface area contributed by atoms with Gasteiger partial charge in [-0.15, -0.1) is 0 Å². The molecule has 4 atom stereocenters. The average molecular weight is 480 g/mol. The molecule has 2 bridgehead atoms. The van der Waals surface area contributed by atoms with Crippen LogP contribution in [-0.4, -0.2) is 25.8 Å². The summed E-state index contributed by atoms with van der Waals surface area (Å²) >= 11 is 0. The normalized spacial score (nSPS) is 30.4. The van der Waals surface area contributed by atoms with Gasteiger partial charge in [-0.25, -0.2) is 4.79 Å². The molecule has 1 aromatic carbocycles. The predicted octanol–water partition coefficient (Wildman–Crippen LogP) is 7.48. The summed E-state index contributed by atoms with van der Waals surface area (Å²) in [6.45, 7) is 13.9. The summed E-state index contributed by atoms with van der Waals surface area (Å²) in [5.74, 6) is 0.245. The van der Waals surface area contributed by atoms with Gasteiger partial charge in [-0.1, -0.05) is 83.4 Å². The predicted molar refractivity (Wildman–Crippen MR) is 142 cm³/mol. The zero-order chi connectivity index (χ0) is 25.3. The van der Waals surface area contributed by atoms with E-state index in [-0.39, 0.29) is 22.9 Å². The molecule has 0 N–H and O–H groups in total. The molecule has 0 amide bonds. The van der Waals surface area contributed by atoms with Gasteiger partial charge in [0.05, 0.1) is 12.7 Å². The van der Waals surface area contributed by atoms with Crippen molar-refractivity contribution in [1.82, 2.24) is 0 Å². The van der Waals surface area contributed by atoms with Crippen LogP contribution in [-0.2, 0) is 24.4 Å². The summed E-state index contributed by atoms with van der Waals surface area (Å²) in [7, 11) is -0.436. The monoisotopic (exact) mass is 480 g/mol. The Labute approximate surface area is 213 Å². The highest BCUT2D eigenvalue weighted by atomic mass is 16.7. The lowest BCUT2D eigenvalue weighted by atomic mass is 9.61. The van der Waals surface area contributed by atoms with Crippen molar-refractivity contribution in [3.63, 3.8) is 0 Å². The summed E-state index contributed by atoms with van der Waals surface area (Å²) in [6, 6.07) is 10.7. The molecule has 35 heavy (non-hydrogen) atoms. The number of ether oxygens (including phenoxy) is 1. The van der Waals surface area contributed by atoms with Crippen LogP contribution >= 0.6 is 0 Å². The van der Waals surface area contributed by atoms with E-state index < -0.39 is 12.7 Å². The Morgan fingerprint density at radius 2 is 1.71 bits per heavy atom. The summed E-state index contributed by atoms with van der Waals surface area (Å²) in [5.41, 5.74) is 2.83. The van der Waals surface area contributed by atoms with Gasteiger partial charge in [-0.3, -0.25) is 0 Å². The molecule has 2 aliphatic carbocycles. The van der Waals surface area contributed by atoms with Crippen LogP contribution in [0.1, 0.15) is 98.5 Å². The van der Waals surface area contributed by atoms with Crippen molar-refractivity contribution in [2.75, 3.05) is 6.61 Å². The van der Waals surface area contributed by atoms with E-state index in [0.717, 1.165) is 56.9 Å². The molecule has 192 valence electrons. The molecule has 1 saturated heterocycles. The number of allylic oxidation sites excluding steroid dienone is 1. The Morgan fingerprint density at radius 1 is 1.06 bits per heavy atom. The Hall–Kier alpha value is -1.59. The highest BCUT2D eigenvalue weighted by Gasteiger charge is 2.78. The van der Waals surface area contributed by atoms with Gasteiger partial charge in [-0.05, 0) is 62.3 Å². The highest BCUT2D eigenvalue weighted by molar-refractivity contribution is 6.47. The van der Waals surface area contributed by atoms with E-state index in [0.29, 0.717) is 18.8 Å². The third kappa shape index (κ3) is 4.21. The smallest absolute Gasteiger partial charge is 0.462 e. The largest absolute Gasteiger partial charge is 0.463 e. The van der Waals surface area contributed by atoms with Gasteiger partial charge in [0.2, 0.25) is 0 Å². The highest BCUT2D eigenvalue weighted by Crippen LogP contribution is 2.76. The van der Waals surface area contributed by atoms with E-state index in [1.165, 1.54) is 11.1 Å². The maximum absolute atomic E-state index is 13.2. The van der Waals surface area contributed by atoms with E-state index in [1.807, 2.05) is 6.92 Å². The summed E-state index contributed by atoms with van der Waals surface area (Å²) < 4.78 is 19.5. The number of fused-ring (bicyclic) bond motifs is 5. The lowest BCUT2D eigenvalue weighted by molar-refractivity contribution is -0.138. The van der Waals surface area contributed by atoms with Crippen LogP contribution in [0.25, 0.3) is 0 Å². The Bertz CT molecular complexity index is 916. The molecule has 4 nitrogen and oxygen atoms in total. The zero-order valence-corrected chi connectivity index (χ0v) is 22.8. The SMILES string of the molecule is CCCCC(CCCC)=C(CB1O[C@@H]2[C@H]3CC[C@](C)(C3(C)C)[C@]2(c2ccccc2)O1)C(=O)OCC. The molecule has 1 heterocycles. The Morgan fingerprint density at radius 3 is 2.31 bits per heavy atom. The summed E-state index contributed by atoms with van der Waals surface area (Å²) in [4.78, 5) is 13.2. The molecule has 0 spiro atoms. The minimum absolute atomic E-state index is 0.00169. The average Bonchev–Trinajstić information content (AvgIpc) is 3.39. The molecule has 2 saturated carbocycles. The lowest BCUT2D eigenvalue weighted by Crippen LogP contribution is -2.50. The number of hydrogen-bond donors (Lipinski definition) is 0. The fraction of sp³-hybridized carbons (Fsp3) is 0.700. The Kier molecular flexibility index (Phi) is 7.88. The van der Waals surface area contributed by atoms with Gasteiger partial charge in [-0.2, -0.15) is 0 Å². The van der Waals surface area contributed by atoms with E-state index in [1.54, 1.807) is 0 Å². The van der Waals surface area contributed by atoms with Crippen LogP contribution in [0.5, 0.6) is 0 Å². The summed E-state index contributed by atoms with van der Waals surface area (Å²) in [6.07, 6.45) is 9.03. The molecular weight excluding hydrogens is 435 g/mol. The second-order valence-corrected chi connectivity index (χ2v) is 11.6. The van der Waals surface area contributed by atoms with Crippen LogP contribution < -0.4 is 0 Å². The van der Waals surface area contributed by atoms with E-state index >= 15 is 0 Å². The number of rotatable bonds is 11. The number of hydrogen-bond acceptors (Lipinski definition) is 4. The molecule has 4 rings (SSSR count). The quantitative estimate of drug-likeness (QED) is 0.187. The van der Waals surface area contributed by atoms with E-state index in [2.05, 4.69) is 65.0 Å². The maximum atomic E-state index is 13.2. The molecule has 3 aliphatic rings. The molecule has 1 aliphatic heterocycles. The molecule has 1 aromatic rings. The standard InChI is InChI=1S/C30H45BO4/c1-7-10-15-22(16-11-8-2)24(27(32)33-9-3)21-31-34-26-25-19-20-29(6,28(25,4)5)30(26,35-31)23-17-13-12-14-18-23/h12-14,17-18,25-26H,7-11,15-16,19-21H2,1-6H3/t25-,26-,29-,30-/m1/s1. The van der Waals surface area contributed by atoms with Crippen LogP contribution in [0.4, 0.5) is 0 Å². The first-order valence-electron chi connectivity index (χ1n) is 14.0. The lowest BCUT2D eigenvalue weighted by Gasteiger charge is -2.48. The second kappa shape index (κ2) is 10.4. The van der Waals surface area contributed by atoms with Gasteiger partial charge >= 0.3 is 13.1 Å². The van der Waals surface area contributed by atoms with Crippen LogP contribution in [0.15, 0.2) is 41.5 Å². The first-order valence-corrected chi connectivity index (χ1v) is 14.0. The van der Waals surface area contributed by atoms with Crippen molar-refractivity contribution in [1.29, 1.82) is 0 Å². The second-order valence-electron chi connectivity index (χ2n) is 11.6. The first-order chi connectivity index (χ1) is 16.8. The number of carbonyl (C=O) groups excluding carboxylic acids is 1. The van der Waals surface area contributed by atoms with E-state index in [4.69, 9.17) is 14.0 Å². The van der Waals surface area contributed by atoms with Crippen molar-refractivity contribution >= 4 is 13.1 Å². The fourth-order valence-corrected chi connectivity index (χ4v) is 7.40. The van der Waals surface area contributed by atoms with Crippen molar-refractivity contribution in [3.05, 3.63) is 47.0 Å². The molecule has 0 unspecified atom stereocenters. The topological polar surface area (TPSA) is 44.8 Å². The minimum Gasteiger partial charge on any atom is -0.463 e. The minimum atomic E-state index is -0.488. The van der Waals surface area contributed by atoms with Gasteiger partial charge < -0.3 is 14.0 Å². The van der Waals surface area contributed by atoms with Crippen LogP contribution in [0, 0.1) is 16.7 Å². The van der Waals surface area contributed by atoms with Crippen molar-refractivity contribution in [3.8, 4) is 0 Å². The molecule has 0 aromatic heterocycles. The van der Waals surface area contributed by atoms with Gasteiger partial charge in [0, 0.05) is 17.3 Å². The number of esters is 1. The van der Waals surface area contributed by atoms with Crippen LogP contribution in [0.2, 0.25) is 6.32 Å².